The van der Waals surface area contributed by atoms with E-state index in [1.807, 2.05) is 0 Å². The van der Waals surface area contributed by atoms with Crippen molar-refractivity contribution in [3.8, 4) is 0 Å². The van der Waals surface area contributed by atoms with Gasteiger partial charge in [0.2, 0.25) is 0 Å². The first-order valence-corrected chi connectivity index (χ1v) is 12.8. The van der Waals surface area contributed by atoms with Crippen molar-refractivity contribution < 1.29 is 16.9 Å². The van der Waals surface area contributed by atoms with E-state index in [0.29, 0.717) is 0 Å². The van der Waals surface area contributed by atoms with Gasteiger partial charge < -0.3 is 17.3 Å². The van der Waals surface area contributed by atoms with Gasteiger partial charge in [0.15, 0.2) is 0 Å². The molecule has 0 rings (SSSR count). The molecule has 0 bridgehead atoms. The average Bonchev–Trinajstić information content (AvgIpc) is 2.72. The standard InChI is InChI=1S/C25H54N3.ClH/c1-7-13-19-26-25(27(20-14-8-2)21-15-9-3)28(22-16-10-4,23-17-11-5)24-18-12-6;/h7-24H2,1-6H3;1H/q+1;/p-1/b26-25+;. The Labute approximate surface area is 190 Å². The summed E-state index contributed by atoms with van der Waals surface area (Å²) in [6.45, 7) is 21.1. The zero-order valence-electron chi connectivity index (χ0n) is 20.9. The topological polar surface area (TPSA) is 15.6 Å². The molecule has 0 saturated heterocycles. The van der Waals surface area contributed by atoms with E-state index in [9.17, 15) is 0 Å². The molecule has 29 heavy (non-hydrogen) atoms. The Hall–Kier alpha value is -0.280. The van der Waals surface area contributed by atoms with Crippen LogP contribution in [0.1, 0.15) is 119 Å². The number of quaternary nitrogens is 1. The fraction of sp³-hybridized carbons (Fsp3) is 0.960. The maximum Gasteiger partial charge on any atom is 0.300 e. The van der Waals surface area contributed by atoms with Crippen LogP contribution < -0.4 is 12.4 Å². The summed E-state index contributed by atoms with van der Waals surface area (Å²) in [5.41, 5.74) is 0. The summed E-state index contributed by atoms with van der Waals surface area (Å²) in [6.07, 6.45) is 15.3. The van der Waals surface area contributed by atoms with Crippen LogP contribution in [0.25, 0.3) is 0 Å². The van der Waals surface area contributed by atoms with E-state index in [1.54, 1.807) is 0 Å². The molecule has 0 amide bonds. The zero-order valence-corrected chi connectivity index (χ0v) is 21.7. The van der Waals surface area contributed by atoms with Crippen LogP contribution in [0.2, 0.25) is 0 Å². The van der Waals surface area contributed by atoms with Crippen LogP contribution in [0.15, 0.2) is 4.99 Å². The summed E-state index contributed by atoms with van der Waals surface area (Å²) in [5.74, 6) is 1.45. The molecule has 0 aliphatic heterocycles. The maximum atomic E-state index is 5.37. The van der Waals surface area contributed by atoms with Crippen molar-refractivity contribution in [1.29, 1.82) is 0 Å². The van der Waals surface area contributed by atoms with Crippen LogP contribution in [0.5, 0.6) is 0 Å². The Morgan fingerprint density at radius 3 is 1.31 bits per heavy atom. The van der Waals surface area contributed by atoms with Crippen LogP contribution in [0, 0.1) is 0 Å². The largest absolute Gasteiger partial charge is 1.00 e. The number of unbranched alkanes of at least 4 members (excludes halogenated alkanes) is 6. The van der Waals surface area contributed by atoms with Crippen LogP contribution >= 0.6 is 0 Å². The third-order valence-corrected chi connectivity index (χ3v) is 5.85. The summed E-state index contributed by atoms with van der Waals surface area (Å²) < 4.78 is 1.15. The number of rotatable bonds is 18. The van der Waals surface area contributed by atoms with Gasteiger partial charge in [0.25, 0.3) is 5.96 Å². The molecule has 0 aromatic heterocycles. The quantitative estimate of drug-likeness (QED) is 0.137. The van der Waals surface area contributed by atoms with Crippen molar-refractivity contribution >= 4 is 5.96 Å². The van der Waals surface area contributed by atoms with Crippen LogP contribution in [0.4, 0.5) is 0 Å². The first kappa shape index (κ1) is 30.9. The molecule has 0 heterocycles. The Kier molecular flexibility index (Phi) is 22.4. The minimum atomic E-state index is 0. The molecule has 0 spiro atoms. The number of halogens is 1. The lowest BCUT2D eigenvalue weighted by molar-refractivity contribution is -0.848. The molecule has 0 aromatic carbocycles. The molecular formula is C25H54ClN3. The molecule has 0 aromatic rings. The summed E-state index contributed by atoms with van der Waals surface area (Å²) in [7, 11) is 0. The van der Waals surface area contributed by atoms with Crippen molar-refractivity contribution in [2.75, 3.05) is 39.3 Å². The predicted octanol–water partition coefficient (Wildman–Crippen LogP) is 4.27. The number of hydrogen-bond donors (Lipinski definition) is 0. The molecule has 0 saturated carbocycles. The van der Waals surface area contributed by atoms with E-state index < -0.39 is 0 Å². The molecule has 0 radical (unpaired) electrons. The minimum Gasteiger partial charge on any atom is -1.00 e. The highest BCUT2D eigenvalue weighted by Gasteiger charge is 2.36. The van der Waals surface area contributed by atoms with E-state index >= 15 is 0 Å². The lowest BCUT2D eigenvalue weighted by Gasteiger charge is -2.43. The van der Waals surface area contributed by atoms with Crippen LogP contribution in [-0.4, -0.2) is 54.6 Å². The predicted molar refractivity (Wildman–Crippen MR) is 128 cm³/mol. The Morgan fingerprint density at radius 2 is 0.966 bits per heavy atom. The SMILES string of the molecule is CCCC/N=C(\N(CCCC)CCCC)[N+](CCCC)(CCCC)CCCC.[Cl-]. The van der Waals surface area contributed by atoms with E-state index in [-0.39, 0.29) is 12.4 Å². The average molecular weight is 432 g/mol. The minimum absolute atomic E-state index is 0. The first-order valence-electron chi connectivity index (χ1n) is 12.8. The molecule has 0 N–H and O–H groups in total. The molecule has 0 aliphatic carbocycles. The van der Waals surface area contributed by atoms with Crippen molar-refractivity contribution in [3.05, 3.63) is 0 Å². The van der Waals surface area contributed by atoms with E-state index in [2.05, 4.69) is 46.4 Å². The molecule has 0 aliphatic rings. The maximum absolute atomic E-state index is 5.37. The molecule has 3 nitrogen and oxygen atoms in total. The van der Waals surface area contributed by atoms with Crippen molar-refractivity contribution in [2.24, 2.45) is 4.99 Å². The highest BCUT2D eigenvalue weighted by molar-refractivity contribution is 5.73. The van der Waals surface area contributed by atoms with Gasteiger partial charge in [0, 0.05) is 19.6 Å². The van der Waals surface area contributed by atoms with Crippen LogP contribution in [0.3, 0.4) is 0 Å². The summed E-state index contributed by atoms with van der Waals surface area (Å²) in [5, 5.41) is 0. The highest BCUT2D eigenvalue weighted by atomic mass is 35.5. The van der Waals surface area contributed by atoms with Gasteiger partial charge in [-0.25, -0.2) is 4.99 Å². The molecule has 0 atom stereocenters. The van der Waals surface area contributed by atoms with Gasteiger partial charge in [-0.15, -0.1) is 0 Å². The zero-order chi connectivity index (χ0) is 21.1. The second-order valence-electron chi connectivity index (χ2n) is 8.61. The molecule has 0 fully saturated rings. The fourth-order valence-corrected chi connectivity index (χ4v) is 3.91. The lowest BCUT2D eigenvalue weighted by atomic mass is 10.1. The summed E-state index contributed by atoms with van der Waals surface area (Å²) in [4.78, 5) is 8.08. The van der Waals surface area contributed by atoms with Gasteiger partial charge in [0.05, 0.1) is 19.6 Å². The normalized spacial score (nSPS) is 12.1. The van der Waals surface area contributed by atoms with E-state index in [4.69, 9.17) is 4.99 Å². The smallest absolute Gasteiger partial charge is 0.300 e. The van der Waals surface area contributed by atoms with Gasteiger partial charge in [0.1, 0.15) is 0 Å². The van der Waals surface area contributed by atoms with Gasteiger partial charge in [-0.3, -0.25) is 4.48 Å². The molecular weight excluding hydrogens is 378 g/mol. The summed E-state index contributed by atoms with van der Waals surface area (Å²) >= 11 is 0. The second-order valence-corrected chi connectivity index (χ2v) is 8.61. The van der Waals surface area contributed by atoms with Gasteiger partial charge in [-0.2, -0.15) is 0 Å². The van der Waals surface area contributed by atoms with Crippen molar-refractivity contribution in [2.45, 2.75) is 119 Å². The number of aliphatic imine (C=N–C) groups is 1. The Balaban J connectivity index is 0. The third-order valence-electron chi connectivity index (χ3n) is 5.85. The number of hydrogen-bond acceptors (Lipinski definition) is 1. The first-order chi connectivity index (χ1) is 13.7. The van der Waals surface area contributed by atoms with Crippen molar-refractivity contribution in [1.82, 2.24) is 4.90 Å². The van der Waals surface area contributed by atoms with Crippen LogP contribution in [-0.2, 0) is 0 Å². The van der Waals surface area contributed by atoms with Gasteiger partial charge >= 0.3 is 0 Å². The third kappa shape index (κ3) is 12.9. The fourth-order valence-electron chi connectivity index (χ4n) is 3.91. The monoisotopic (exact) mass is 431 g/mol. The van der Waals surface area contributed by atoms with E-state index in [0.717, 1.165) is 11.0 Å². The highest BCUT2D eigenvalue weighted by Crippen LogP contribution is 2.20. The summed E-state index contributed by atoms with van der Waals surface area (Å²) in [6, 6.07) is 0. The van der Waals surface area contributed by atoms with Crippen molar-refractivity contribution in [3.63, 3.8) is 0 Å². The number of nitrogens with zero attached hydrogens (tertiary/aromatic N) is 3. The van der Waals surface area contributed by atoms with E-state index in [1.165, 1.54) is 116 Å². The Bertz CT molecular complexity index is 341. The van der Waals surface area contributed by atoms with Gasteiger partial charge in [-0.1, -0.05) is 80.1 Å². The van der Waals surface area contributed by atoms with Gasteiger partial charge in [-0.05, 0) is 38.5 Å². The number of guanidine groups is 1. The molecule has 176 valence electrons. The molecule has 0 unspecified atom stereocenters. The Morgan fingerprint density at radius 1 is 0.586 bits per heavy atom. The molecule has 4 heteroatoms. The second kappa shape index (κ2) is 21.0. The lowest BCUT2D eigenvalue weighted by Crippen LogP contribution is -3.00.